The third kappa shape index (κ3) is 4.11. The molecule has 8 heteroatoms. The van der Waals surface area contributed by atoms with E-state index >= 15 is 0 Å². The number of hydrogen-bond acceptors (Lipinski definition) is 4. The van der Waals surface area contributed by atoms with E-state index in [1.165, 1.54) is 0 Å². The highest BCUT2D eigenvalue weighted by atomic mass is 16.2. The summed E-state index contributed by atoms with van der Waals surface area (Å²) in [4.78, 5) is 25.0. The van der Waals surface area contributed by atoms with E-state index < -0.39 is 0 Å². The Bertz CT molecular complexity index is 890. The van der Waals surface area contributed by atoms with Crippen LogP contribution in [0.5, 0.6) is 0 Å². The Balaban J connectivity index is 1.69. The van der Waals surface area contributed by atoms with Crippen molar-refractivity contribution in [3.8, 4) is 0 Å². The second-order valence-electron chi connectivity index (χ2n) is 7.00. The normalized spacial score (nSPS) is 11.1. The first-order valence-corrected chi connectivity index (χ1v) is 9.16. The molecule has 2 heterocycles. The number of aromatic nitrogens is 4. The smallest absolute Gasteiger partial charge is 0.256 e. The summed E-state index contributed by atoms with van der Waals surface area (Å²) in [6, 6.07) is 10.3. The van der Waals surface area contributed by atoms with Crippen LogP contribution < -0.4 is 10.6 Å². The summed E-state index contributed by atoms with van der Waals surface area (Å²) in [6.07, 6.45) is 3.29. The number of carbonyl (C=O) groups excluding carboxylic acids is 2. The molecule has 0 aliphatic heterocycles. The van der Waals surface area contributed by atoms with Gasteiger partial charge in [-0.15, -0.1) is 0 Å². The lowest BCUT2D eigenvalue weighted by Crippen LogP contribution is -2.18. The van der Waals surface area contributed by atoms with Crippen molar-refractivity contribution in [1.29, 1.82) is 0 Å². The lowest BCUT2D eigenvalue weighted by atomic mass is 10.1. The summed E-state index contributed by atoms with van der Waals surface area (Å²) >= 11 is 0. The maximum atomic E-state index is 12.5. The van der Waals surface area contributed by atoms with E-state index in [4.69, 9.17) is 0 Å². The van der Waals surface area contributed by atoms with Crippen LogP contribution in [-0.4, -0.2) is 31.4 Å². The van der Waals surface area contributed by atoms with Gasteiger partial charge in [0.1, 0.15) is 11.6 Å². The van der Waals surface area contributed by atoms with Crippen LogP contribution in [0.1, 0.15) is 60.5 Å². The maximum absolute atomic E-state index is 12.5. The van der Waals surface area contributed by atoms with Crippen molar-refractivity contribution < 1.29 is 9.59 Å². The standard InChI is InChI=1S/C20H24N6O2/c1-13(2)25-17(9-11-21-25)23-19(27)15-5-7-16(8-6-15)20(28)24-18-10-12-22-26(18)14(3)4/h5-14H,1-4H3,(H,23,27)(H,24,28). The van der Waals surface area contributed by atoms with Crippen LogP contribution in [0.4, 0.5) is 11.6 Å². The van der Waals surface area contributed by atoms with Gasteiger partial charge in [0.25, 0.3) is 11.8 Å². The minimum Gasteiger partial charge on any atom is -0.307 e. The summed E-state index contributed by atoms with van der Waals surface area (Å²) in [5.41, 5.74) is 0.917. The molecule has 0 saturated carbocycles. The number of anilines is 2. The summed E-state index contributed by atoms with van der Waals surface area (Å²) in [6.45, 7) is 7.95. The number of nitrogens with zero attached hydrogens (tertiary/aromatic N) is 4. The molecule has 3 aromatic rings. The summed E-state index contributed by atoms with van der Waals surface area (Å²) in [5, 5.41) is 14.1. The highest BCUT2D eigenvalue weighted by Crippen LogP contribution is 2.16. The van der Waals surface area contributed by atoms with Crippen molar-refractivity contribution in [3.05, 3.63) is 59.9 Å². The second-order valence-corrected chi connectivity index (χ2v) is 7.00. The fourth-order valence-electron chi connectivity index (χ4n) is 2.80. The quantitative estimate of drug-likeness (QED) is 0.681. The van der Waals surface area contributed by atoms with Gasteiger partial charge in [0, 0.05) is 35.3 Å². The lowest BCUT2D eigenvalue weighted by Gasteiger charge is -2.13. The van der Waals surface area contributed by atoms with Crippen LogP contribution in [0.15, 0.2) is 48.8 Å². The Kier molecular flexibility index (Phi) is 5.58. The van der Waals surface area contributed by atoms with Crippen LogP contribution >= 0.6 is 0 Å². The molecular formula is C20H24N6O2. The highest BCUT2D eigenvalue weighted by Gasteiger charge is 2.14. The molecule has 3 rings (SSSR count). The van der Waals surface area contributed by atoms with E-state index in [0.29, 0.717) is 22.8 Å². The van der Waals surface area contributed by atoms with Gasteiger partial charge in [-0.25, -0.2) is 9.36 Å². The number of benzene rings is 1. The predicted molar refractivity (Wildman–Crippen MR) is 108 cm³/mol. The van der Waals surface area contributed by atoms with Gasteiger partial charge in [-0.2, -0.15) is 10.2 Å². The number of hydrogen-bond donors (Lipinski definition) is 2. The SMILES string of the molecule is CC(C)n1nccc1NC(=O)c1ccc(C(=O)Nc2ccnn2C(C)C)cc1. The van der Waals surface area contributed by atoms with Crippen LogP contribution in [0.2, 0.25) is 0 Å². The zero-order chi connectivity index (χ0) is 20.3. The van der Waals surface area contributed by atoms with Crippen LogP contribution in [0, 0.1) is 0 Å². The molecule has 0 bridgehead atoms. The summed E-state index contributed by atoms with van der Waals surface area (Å²) < 4.78 is 3.47. The molecule has 0 saturated heterocycles. The molecule has 0 spiro atoms. The predicted octanol–water partition coefficient (Wildman–Crippen LogP) is 3.75. The minimum atomic E-state index is -0.257. The Hall–Kier alpha value is -3.42. The fraction of sp³-hybridized carbons (Fsp3) is 0.300. The van der Waals surface area contributed by atoms with Gasteiger partial charge in [-0.1, -0.05) is 0 Å². The van der Waals surface area contributed by atoms with E-state index in [2.05, 4.69) is 20.8 Å². The molecule has 146 valence electrons. The topological polar surface area (TPSA) is 93.8 Å². The number of amides is 2. The average molecular weight is 380 g/mol. The Morgan fingerprint density at radius 3 is 1.39 bits per heavy atom. The number of rotatable bonds is 6. The zero-order valence-electron chi connectivity index (χ0n) is 16.4. The average Bonchev–Trinajstić information content (AvgIpc) is 3.31. The largest absolute Gasteiger partial charge is 0.307 e. The van der Waals surface area contributed by atoms with Crippen LogP contribution in [-0.2, 0) is 0 Å². The first-order valence-electron chi connectivity index (χ1n) is 9.16. The molecule has 1 aromatic carbocycles. The molecule has 0 fully saturated rings. The van der Waals surface area contributed by atoms with Gasteiger partial charge in [0.15, 0.2) is 0 Å². The van der Waals surface area contributed by atoms with Crippen molar-refractivity contribution >= 4 is 23.5 Å². The van der Waals surface area contributed by atoms with Gasteiger partial charge in [-0.3, -0.25) is 9.59 Å². The van der Waals surface area contributed by atoms with Gasteiger partial charge in [0.05, 0.1) is 12.4 Å². The van der Waals surface area contributed by atoms with Gasteiger partial charge < -0.3 is 10.6 Å². The molecule has 28 heavy (non-hydrogen) atoms. The van der Waals surface area contributed by atoms with Gasteiger partial charge in [-0.05, 0) is 52.0 Å². The molecule has 0 atom stereocenters. The van der Waals surface area contributed by atoms with Crippen molar-refractivity contribution in [2.24, 2.45) is 0 Å². The Morgan fingerprint density at radius 1 is 0.714 bits per heavy atom. The van der Waals surface area contributed by atoms with E-state index in [-0.39, 0.29) is 23.9 Å². The lowest BCUT2D eigenvalue weighted by molar-refractivity contribution is 0.101. The first-order chi connectivity index (χ1) is 13.4. The highest BCUT2D eigenvalue weighted by molar-refractivity contribution is 6.06. The van der Waals surface area contributed by atoms with Crippen LogP contribution in [0.25, 0.3) is 0 Å². The van der Waals surface area contributed by atoms with Crippen molar-refractivity contribution in [2.45, 2.75) is 39.8 Å². The minimum absolute atomic E-state index is 0.135. The zero-order valence-corrected chi connectivity index (χ0v) is 16.4. The third-order valence-electron chi connectivity index (χ3n) is 4.21. The number of carbonyl (C=O) groups is 2. The molecule has 2 amide bonds. The molecule has 0 aliphatic rings. The Morgan fingerprint density at radius 2 is 1.07 bits per heavy atom. The van der Waals surface area contributed by atoms with Crippen molar-refractivity contribution in [1.82, 2.24) is 19.6 Å². The summed E-state index contributed by atoms with van der Waals surface area (Å²) in [7, 11) is 0. The monoisotopic (exact) mass is 380 g/mol. The van der Waals surface area contributed by atoms with Crippen LogP contribution in [0.3, 0.4) is 0 Å². The molecule has 0 unspecified atom stereocenters. The molecule has 2 aromatic heterocycles. The molecule has 2 N–H and O–H groups in total. The van der Waals surface area contributed by atoms with E-state index in [0.717, 1.165) is 0 Å². The molecule has 8 nitrogen and oxygen atoms in total. The first kappa shape index (κ1) is 19.3. The number of nitrogens with one attached hydrogen (secondary N) is 2. The molecule has 0 aliphatic carbocycles. The van der Waals surface area contributed by atoms with E-state index in [1.807, 2.05) is 27.7 Å². The fourth-order valence-corrected chi connectivity index (χ4v) is 2.80. The van der Waals surface area contributed by atoms with Crippen molar-refractivity contribution in [2.75, 3.05) is 10.6 Å². The van der Waals surface area contributed by atoms with Gasteiger partial charge in [0.2, 0.25) is 0 Å². The van der Waals surface area contributed by atoms with Crippen molar-refractivity contribution in [3.63, 3.8) is 0 Å². The Labute approximate surface area is 163 Å². The third-order valence-corrected chi connectivity index (χ3v) is 4.21. The van der Waals surface area contributed by atoms with Gasteiger partial charge >= 0.3 is 0 Å². The molecular weight excluding hydrogens is 356 g/mol. The van der Waals surface area contributed by atoms with E-state index in [1.54, 1.807) is 58.2 Å². The maximum Gasteiger partial charge on any atom is 0.256 e. The second kappa shape index (κ2) is 8.08. The van der Waals surface area contributed by atoms with E-state index in [9.17, 15) is 9.59 Å². The molecule has 0 radical (unpaired) electrons. The summed E-state index contributed by atoms with van der Waals surface area (Å²) in [5.74, 6) is 0.743.